The second-order valence-electron chi connectivity index (χ2n) is 4.29. The Labute approximate surface area is 119 Å². The Morgan fingerprint density at radius 2 is 2.21 bits per heavy atom. The molecule has 1 rings (SSSR count). The fourth-order valence-corrected chi connectivity index (χ4v) is 2.28. The van der Waals surface area contributed by atoms with E-state index in [0.29, 0.717) is 12.8 Å². The van der Waals surface area contributed by atoms with Gasteiger partial charge in [-0.1, -0.05) is 0 Å². The molecule has 0 saturated heterocycles. The standard InChI is InChI=1S/C11H19BrF2N4O/c1-7-11(12)9(18(2)17-7)5-8(16-15)3-4-19-6-10(13)14/h8,10,16H,3-6,15H2,1-2H3. The van der Waals surface area contributed by atoms with Crippen molar-refractivity contribution in [3.63, 3.8) is 0 Å². The summed E-state index contributed by atoms with van der Waals surface area (Å²) in [6.45, 7) is 1.61. The molecule has 0 fully saturated rings. The molecule has 1 unspecified atom stereocenters. The van der Waals surface area contributed by atoms with Crippen molar-refractivity contribution in [2.75, 3.05) is 13.2 Å². The summed E-state index contributed by atoms with van der Waals surface area (Å²) in [5.74, 6) is 5.47. The predicted octanol–water partition coefficient (Wildman–Crippen LogP) is 1.54. The van der Waals surface area contributed by atoms with Crippen LogP contribution in [0.1, 0.15) is 17.8 Å². The molecule has 0 bridgehead atoms. The van der Waals surface area contributed by atoms with Crippen molar-refractivity contribution in [1.29, 1.82) is 0 Å². The number of rotatable bonds is 8. The first kappa shape index (κ1) is 16.5. The van der Waals surface area contributed by atoms with Crippen LogP contribution in [0.5, 0.6) is 0 Å². The van der Waals surface area contributed by atoms with E-state index in [4.69, 9.17) is 10.6 Å². The highest BCUT2D eigenvalue weighted by Gasteiger charge is 2.16. The summed E-state index contributed by atoms with van der Waals surface area (Å²) in [4.78, 5) is 0. The van der Waals surface area contributed by atoms with E-state index in [1.807, 2.05) is 14.0 Å². The van der Waals surface area contributed by atoms with Crippen LogP contribution in [0.25, 0.3) is 0 Å². The fraction of sp³-hybridized carbons (Fsp3) is 0.727. The lowest BCUT2D eigenvalue weighted by atomic mass is 10.1. The number of nitrogens with zero attached hydrogens (tertiary/aromatic N) is 2. The number of hydrazine groups is 1. The SMILES string of the molecule is Cc1nn(C)c(CC(CCOCC(F)F)NN)c1Br. The number of aromatic nitrogens is 2. The van der Waals surface area contributed by atoms with Gasteiger partial charge < -0.3 is 4.74 Å². The molecule has 19 heavy (non-hydrogen) atoms. The van der Waals surface area contributed by atoms with Crippen LogP contribution in [0.2, 0.25) is 0 Å². The lowest BCUT2D eigenvalue weighted by Gasteiger charge is -2.16. The second kappa shape index (κ2) is 7.88. The Morgan fingerprint density at radius 1 is 1.53 bits per heavy atom. The molecule has 0 aliphatic rings. The average Bonchev–Trinajstić information content (AvgIpc) is 2.58. The molecular weight excluding hydrogens is 322 g/mol. The number of nitrogens with one attached hydrogen (secondary N) is 1. The minimum absolute atomic E-state index is 0.0521. The zero-order valence-electron chi connectivity index (χ0n) is 11.0. The summed E-state index contributed by atoms with van der Waals surface area (Å²) in [5, 5.41) is 4.29. The van der Waals surface area contributed by atoms with E-state index in [1.165, 1.54) is 0 Å². The van der Waals surface area contributed by atoms with Crippen molar-refractivity contribution < 1.29 is 13.5 Å². The van der Waals surface area contributed by atoms with Crippen molar-refractivity contribution in [3.8, 4) is 0 Å². The fourth-order valence-electron chi connectivity index (χ4n) is 1.78. The Bertz CT molecular complexity index is 400. The molecule has 3 N–H and O–H groups in total. The number of aryl methyl sites for hydroxylation is 2. The van der Waals surface area contributed by atoms with Gasteiger partial charge in [-0.15, -0.1) is 0 Å². The van der Waals surface area contributed by atoms with Gasteiger partial charge in [0.05, 0.1) is 15.9 Å². The molecule has 0 saturated carbocycles. The van der Waals surface area contributed by atoms with E-state index in [1.54, 1.807) is 4.68 Å². The third kappa shape index (κ3) is 5.13. The van der Waals surface area contributed by atoms with Gasteiger partial charge in [0, 0.05) is 26.1 Å². The maximum absolute atomic E-state index is 11.9. The van der Waals surface area contributed by atoms with Crippen molar-refractivity contribution in [1.82, 2.24) is 15.2 Å². The maximum Gasteiger partial charge on any atom is 0.261 e. The molecule has 1 aromatic rings. The summed E-state index contributed by atoms with van der Waals surface area (Å²) in [5.41, 5.74) is 4.59. The molecule has 0 amide bonds. The van der Waals surface area contributed by atoms with E-state index < -0.39 is 13.0 Å². The molecule has 0 aliphatic carbocycles. The third-order valence-electron chi connectivity index (χ3n) is 2.79. The highest BCUT2D eigenvalue weighted by atomic mass is 79.9. The van der Waals surface area contributed by atoms with Crippen LogP contribution < -0.4 is 11.3 Å². The zero-order valence-corrected chi connectivity index (χ0v) is 12.6. The Hall–Kier alpha value is -0.570. The molecule has 5 nitrogen and oxygen atoms in total. The van der Waals surface area contributed by atoms with E-state index in [-0.39, 0.29) is 12.6 Å². The quantitative estimate of drug-likeness (QED) is 0.428. The number of hydrogen-bond donors (Lipinski definition) is 2. The number of alkyl halides is 2. The summed E-state index contributed by atoms with van der Waals surface area (Å²) in [7, 11) is 1.86. The van der Waals surface area contributed by atoms with Gasteiger partial charge >= 0.3 is 0 Å². The monoisotopic (exact) mass is 340 g/mol. The topological polar surface area (TPSA) is 65.1 Å². The molecule has 0 aromatic carbocycles. The van der Waals surface area contributed by atoms with Gasteiger partial charge in [0.15, 0.2) is 0 Å². The van der Waals surface area contributed by atoms with Crippen molar-refractivity contribution >= 4 is 15.9 Å². The summed E-state index contributed by atoms with van der Waals surface area (Å²) >= 11 is 3.48. The van der Waals surface area contributed by atoms with Crippen molar-refractivity contribution in [2.45, 2.75) is 32.2 Å². The lowest BCUT2D eigenvalue weighted by molar-refractivity contribution is 0.0144. The first-order valence-electron chi connectivity index (χ1n) is 5.95. The van der Waals surface area contributed by atoms with Gasteiger partial charge in [-0.25, -0.2) is 8.78 Å². The minimum Gasteiger partial charge on any atom is -0.375 e. The van der Waals surface area contributed by atoms with Gasteiger partial charge in [-0.3, -0.25) is 16.0 Å². The van der Waals surface area contributed by atoms with E-state index in [9.17, 15) is 8.78 Å². The third-order valence-corrected chi connectivity index (χ3v) is 3.82. The first-order chi connectivity index (χ1) is 8.95. The lowest BCUT2D eigenvalue weighted by Crippen LogP contribution is -2.38. The Kier molecular flexibility index (Phi) is 6.84. The molecule has 1 heterocycles. The highest BCUT2D eigenvalue weighted by Crippen LogP contribution is 2.21. The zero-order chi connectivity index (χ0) is 14.4. The largest absolute Gasteiger partial charge is 0.375 e. The molecule has 0 spiro atoms. The predicted molar refractivity (Wildman–Crippen MR) is 71.9 cm³/mol. The van der Waals surface area contributed by atoms with Gasteiger partial charge in [-0.05, 0) is 29.3 Å². The van der Waals surface area contributed by atoms with E-state index >= 15 is 0 Å². The molecule has 110 valence electrons. The van der Waals surface area contributed by atoms with Crippen molar-refractivity contribution in [2.24, 2.45) is 12.9 Å². The van der Waals surface area contributed by atoms with Crippen LogP contribution in [0.4, 0.5) is 8.78 Å². The smallest absolute Gasteiger partial charge is 0.261 e. The van der Waals surface area contributed by atoms with Gasteiger partial charge in [-0.2, -0.15) is 5.10 Å². The molecule has 8 heteroatoms. The molecule has 1 aromatic heterocycles. The highest BCUT2D eigenvalue weighted by molar-refractivity contribution is 9.10. The number of halogens is 3. The van der Waals surface area contributed by atoms with Crippen molar-refractivity contribution in [3.05, 3.63) is 15.9 Å². The minimum atomic E-state index is -2.43. The maximum atomic E-state index is 11.9. The van der Waals surface area contributed by atoms with Crippen LogP contribution in [-0.2, 0) is 18.2 Å². The number of ether oxygens (including phenoxy) is 1. The first-order valence-corrected chi connectivity index (χ1v) is 6.75. The molecular formula is C11H19BrF2N4O. The van der Waals surface area contributed by atoms with Crippen LogP contribution in [-0.4, -0.2) is 35.5 Å². The number of nitrogens with two attached hydrogens (primary N) is 1. The molecule has 1 atom stereocenters. The molecule has 0 radical (unpaired) electrons. The normalized spacial score (nSPS) is 13.2. The Balaban J connectivity index is 2.48. The van der Waals surface area contributed by atoms with Gasteiger partial charge in [0.1, 0.15) is 6.61 Å². The number of hydrogen-bond acceptors (Lipinski definition) is 4. The molecule has 0 aliphatic heterocycles. The van der Waals surface area contributed by atoms with Crippen LogP contribution in [0.15, 0.2) is 4.47 Å². The summed E-state index contributed by atoms with van der Waals surface area (Å²) < 4.78 is 31.4. The van der Waals surface area contributed by atoms with E-state index in [0.717, 1.165) is 15.9 Å². The van der Waals surface area contributed by atoms with Crippen LogP contribution in [0.3, 0.4) is 0 Å². The van der Waals surface area contributed by atoms with Gasteiger partial charge in [0.25, 0.3) is 6.43 Å². The van der Waals surface area contributed by atoms with Crippen LogP contribution >= 0.6 is 15.9 Å². The summed E-state index contributed by atoms with van der Waals surface area (Å²) in [6.07, 6.45) is -1.23. The average molecular weight is 341 g/mol. The van der Waals surface area contributed by atoms with Gasteiger partial charge in [0.2, 0.25) is 0 Å². The van der Waals surface area contributed by atoms with Crippen LogP contribution in [0, 0.1) is 6.92 Å². The second-order valence-corrected chi connectivity index (χ2v) is 5.09. The van der Waals surface area contributed by atoms with E-state index in [2.05, 4.69) is 26.5 Å². The Morgan fingerprint density at radius 3 is 2.68 bits per heavy atom. The summed E-state index contributed by atoms with van der Waals surface area (Å²) in [6, 6.07) is -0.0521.